The van der Waals surface area contributed by atoms with E-state index in [2.05, 4.69) is 11.1 Å². The first-order valence-corrected chi connectivity index (χ1v) is 6.25. The topological polar surface area (TPSA) is 59.1 Å². The zero-order valence-electron chi connectivity index (χ0n) is 10.3. The van der Waals surface area contributed by atoms with Crippen molar-refractivity contribution in [2.75, 3.05) is 5.73 Å². The van der Waals surface area contributed by atoms with Crippen molar-refractivity contribution in [3.05, 3.63) is 35.0 Å². The van der Waals surface area contributed by atoms with Crippen molar-refractivity contribution in [1.29, 1.82) is 0 Å². The molecule has 0 radical (unpaired) electrons. The summed E-state index contributed by atoms with van der Waals surface area (Å²) in [7, 11) is 0. The van der Waals surface area contributed by atoms with Gasteiger partial charge < -0.3 is 10.8 Å². The summed E-state index contributed by atoms with van der Waals surface area (Å²) in [5.74, 6) is 0.444. The molecule has 1 aromatic heterocycles. The van der Waals surface area contributed by atoms with Crippen LogP contribution in [0.4, 0.5) is 5.82 Å². The van der Waals surface area contributed by atoms with Crippen LogP contribution in [0.15, 0.2) is 23.9 Å². The minimum absolute atomic E-state index is 0.444. The molecule has 0 aromatic carbocycles. The zero-order valence-corrected chi connectivity index (χ0v) is 10.3. The lowest BCUT2D eigenvalue weighted by atomic mass is 9.93. The Morgan fingerprint density at radius 1 is 1.47 bits per heavy atom. The number of aliphatic hydroxyl groups excluding tert-OH is 1. The van der Waals surface area contributed by atoms with E-state index in [1.807, 2.05) is 13.0 Å². The van der Waals surface area contributed by atoms with Gasteiger partial charge in [-0.2, -0.15) is 0 Å². The summed E-state index contributed by atoms with van der Waals surface area (Å²) in [6.45, 7) is 1.96. The van der Waals surface area contributed by atoms with Gasteiger partial charge in [0.15, 0.2) is 0 Å². The van der Waals surface area contributed by atoms with Gasteiger partial charge in [0, 0.05) is 11.8 Å². The average Bonchev–Trinajstić information content (AvgIpc) is 2.33. The Labute approximate surface area is 102 Å². The van der Waals surface area contributed by atoms with Crippen LogP contribution in [0.1, 0.15) is 49.3 Å². The second-order valence-electron chi connectivity index (χ2n) is 4.82. The van der Waals surface area contributed by atoms with E-state index in [-0.39, 0.29) is 0 Å². The van der Waals surface area contributed by atoms with E-state index in [1.165, 1.54) is 18.4 Å². The van der Waals surface area contributed by atoms with E-state index >= 15 is 0 Å². The van der Waals surface area contributed by atoms with Crippen LogP contribution in [0.3, 0.4) is 0 Å². The predicted octanol–water partition coefficient (Wildman–Crippen LogP) is 2.90. The molecule has 0 saturated heterocycles. The van der Waals surface area contributed by atoms with Crippen LogP contribution in [0.25, 0.3) is 0 Å². The number of pyridine rings is 1. The quantitative estimate of drug-likeness (QED) is 0.788. The highest BCUT2D eigenvalue weighted by molar-refractivity contribution is 5.42. The van der Waals surface area contributed by atoms with E-state index in [1.54, 1.807) is 6.20 Å². The molecule has 3 heteroatoms. The van der Waals surface area contributed by atoms with Crippen LogP contribution in [0, 0.1) is 6.92 Å². The molecule has 1 aromatic rings. The van der Waals surface area contributed by atoms with Crippen molar-refractivity contribution < 1.29 is 5.11 Å². The fraction of sp³-hybridized carbons (Fsp3) is 0.500. The van der Waals surface area contributed by atoms with Gasteiger partial charge >= 0.3 is 0 Å². The van der Waals surface area contributed by atoms with E-state index in [9.17, 15) is 5.11 Å². The molecular weight excluding hydrogens is 212 g/mol. The number of nitrogen functional groups attached to an aromatic ring is 1. The summed E-state index contributed by atoms with van der Waals surface area (Å²) in [5.41, 5.74) is 8.95. The highest BCUT2D eigenvalue weighted by atomic mass is 16.3. The number of hydrogen-bond donors (Lipinski definition) is 2. The number of aromatic nitrogens is 1. The summed E-state index contributed by atoms with van der Waals surface area (Å²) in [6, 6.07) is 1.93. The molecule has 1 heterocycles. The first-order valence-electron chi connectivity index (χ1n) is 6.25. The highest BCUT2D eigenvalue weighted by Crippen LogP contribution is 2.29. The molecule has 1 unspecified atom stereocenters. The lowest BCUT2D eigenvalue weighted by molar-refractivity contribution is 0.177. The minimum Gasteiger partial charge on any atom is -0.388 e. The average molecular weight is 232 g/mol. The van der Waals surface area contributed by atoms with Gasteiger partial charge in [-0.05, 0) is 50.7 Å². The molecule has 1 aliphatic carbocycles. The van der Waals surface area contributed by atoms with E-state index < -0.39 is 6.10 Å². The third kappa shape index (κ3) is 3.07. The number of aliphatic hydroxyl groups is 1. The summed E-state index contributed by atoms with van der Waals surface area (Å²) >= 11 is 0. The molecule has 17 heavy (non-hydrogen) atoms. The number of rotatable bonds is 3. The monoisotopic (exact) mass is 232 g/mol. The minimum atomic E-state index is -0.522. The van der Waals surface area contributed by atoms with Gasteiger partial charge in [-0.3, -0.25) is 0 Å². The molecule has 0 fully saturated rings. The maximum absolute atomic E-state index is 10.2. The third-order valence-corrected chi connectivity index (χ3v) is 3.29. The Hall–Kier alpha value is -1.35. The van der Waals surface area contributed by atoms with Crippen molar-refractivity contribution in [3.63, 3.8) is 0 Å². The van der Waals surface area contributed by atoms with Crippen molar-refractivity contribution in [2.24, 2.45) is 0 Å². The molecule has 0 spiro atoms. The molecule has 1 aliphatic rings. The molecular formula is C14H20N2O. The molecule has 3 N–H and O–H groups in total. The largest absolute Gasteiger partial charge is 0.388 e. The number of hydrogen-bond acceptors (Lipinski definition) is 3. The lowest BCUT2D eigenvalue weighted by Crippen LogP contribution is -2.06. The van der Waals surface area contributed by atoms with Crippen molar-refractivity contribution in [2.45, 2.75) is 45.1 Å². The molecule has 0 aliphatic heterocycles. The number of aryl methyl sites for hydroxylation is 1. The summed E-state index contributed by atoms with van der Waals surface area (Å²) in [5, 5.41) is 10.2. The number of allylic oxidation sites excluding steroid dienone is 1. The SMILES string of the molecule is Cc1cnc(N)c(C(O)CC2=CCCCC2)c1. The smallest absolute Gasteiger partial charge is 0.129 e. The highest BCUT2D eigenvalue weighted by Gasteiger charge is 2.15. The molecule has 0 saturated carbocycles. The second-order valence-corrected chi connectivity index (χ2v) is 4.82. The second kappa shape index (κ2) is 5.32. The molecule has 0 bridgehead atoms. The lowest BCUT2D eigenvalue weighted by Gasteiger charge is -2.18. The Balaban J connectivity index is 2.10. The third-order valence-electron chi connectivity index (χ3n) is 3.29. The Morgan fingerprint density at radius 2 is 2.29 bits per heavy atom. The Bertz CT molecular complexity index is 426. The number of nitrogens with zero attached hydrogens (tertiary/aromatic N) is 1. The molecule has 2 rings (SSSR count). The van der Waals surface area contributed by atoms with Crippen LogP contribution in [-0.2, 0) is 0 Å². The molecule has 92 valence electrons. The predicted molar refractivity (Wildman–Crippen MR) is 69.5 cm³/mol. The van der Waals surface area contributed by atoms with Crippen molar-refractivity contribution in [3.8, 4) is 0 Å². The molecule has 3 nitrogen and oxygen atoms in total. The maximum Gasteiger partial charge on any atom is 0.129 e. The fourth-order valence-corrected chi connectivity index (χ4v) is 2.32. The first-order chi connectivity index (χ1) is 8.16. The first kappa shape index (κ1) is 12.1. The van der Waals surface area contributed by atoms with Crippen molar-refractivity contribution in [1.82, 2.24) is 4.98 Å². The molecule has 0 amide bonds. The van der Waals surface area contributed by atoms with Crippen LogP contribution in [0.2, 0.25) is 0 Å². The van der Waals surface area contributed by atoms with Crippen LogP contribution >= 0.6 is 0 Å². The molecule has 1 atom stereocenters. The summed E-state index contributed by atoms with van der Waals surface area (Å²) in [6.07, 6.45) is 8.91. The van der Waals surface area contributed by atoms with Crippen LogP contribution < -0.4 is 5.73 Å². The van der Waals surface area contributed by atoms with Gasteiger partial charge in [0.2, 0.25) is 0 Å². The van der Waals surface area contributed by atoms with Gasteiger partial charge in [0.05, 0.1) is 6.10 Å². The number of anilines is 1. The van der Waals surface area contributed by atoms with E-state index in [0.717, 1.165) is 24.0 Å². The normalized spacial score (nSPS) is 17.6. The van der Waals surface area contributed by atoms with E-state index in [0.29, 0.717) is 12.2 Å². The zero-order chi connectivity index (χ0) is 12.3. The number of nitrogens with two attached hydrogens (primary N) is 1. The van der Waals surface area contributed by atoms with Gasteiger partial charge in [-0.15, -0.1) is 0 Å². The van der Waals surface area contributed by atoms with Gasteiger partial charge in [0.1, 0.15) is 5.82 Å². The van der Waals surface area contributed by atoms with Crippen molar-refractivity contribution >= 4 is 5.82 Å². The van der Waals surface area contributed by atoms with E-state index in [4.69, 9.17) is 5.73 Å². The Morgan fingerprint density at radius 3 is 3.00 bits per heavy atom. The van der Waals surface area contributed by atoms with Gasteiger partial charge in [-0.25, -0.2) is 4.98 Å². The van der Waals surface area contributed by atoms with Gasteiger partial charge in [0.25, 0.3) is 0 Å². The Kier molecular flexibility index (Phi) is 3.79. The maximum atomic E-state index is 10.2. The van der Waals surface area contributed by atoms with Crippen LogP contribution in [-0.4, -0.2) is 10.1 Å². The summed E-state index contributed by atoms with van der Waals surface area (Å²) < 4.78 is 0. The van der Waals surface area contributed by atoms with Gasteiger partial charge in [-0.1, -0.05) is 11.6 Å². The summed E-state index contributed by atoms with van der Waals surface area (Å²) in [4.78, 5) is 4.09. The fourth-order valence-electron chi connectivity index (χ4n) is 2.32. The van der Waals surface area contributed by atoms with Crippen LogP contribution in [0.5, 0.6) is 0 Å². The standard InChI is InChI=1S/C14H20N2O/c1-10-7-12(14(15)16-9-10)13(17)8-11-5-3-2-4-6-11/h5,7,9,13,17H,2-4,6,8H2,1H3,(H2,15,16).